The number of carbonyl (C=O) groups is 3. The number of aromatic nitrogens is 1. The van der Waals surface area contributed by atoms with Gasteiger partial charge in [-0.05, 0) is 55.5 Å². The maximum absolute atomic E-state index is 13.1. The van der Waals surface area contributed by atoms with Gasteiger partial charge in [0.05, 0.1) is 16.8 Å². The summed E-state index contributed by atoms with van der Waals surface area (Å²) in [6.07, 6.45) is -1.04. The summed E-state index contributed by atoms with van der Waals surface area (Å²) in [6, 6.07) is 23.2. The van der Waals surface area contributed by atoms with Crippen LogP contribution < -0.4 is 10.6 Å². The number of amides is 2. The van der Waals surface area contributed by atoms with Crippen LogP contribution in [0.2, 0.25) is 0 Å². The van der Waals surface area contributed by atoms with E-state index in [0.29, 0.717) is 33.5 Å². The fourth-order valence-corrected chi connectivity index (χ4v) is 3.90. The summed E-state index contributed by atoms with van der Waals surface area (Å²) in [5.74, 6) is -1.28. The normalized spacial score (nSPS) is 11.5. The predicted octanol–water partition coefficient (Wildman–Crippen LogP) is 5.81. The number of hydrogen-bond acceptors (Lipinski definition) is 5. The molecule has 0 fully saturated rings. The van der Waals surface area contributed by atoms with Crippen molar-refractivity contribution in [1.29, 1.82) is 0 Å². The van der Waals surface area contributed by atoms with Gasteiger partial charge in [0.25, 0.3) is 5.91 Å². The zero-order valence-corrected chi connectivity index (χ0v) is 20.6. The number of pyridine rings is 1. The highest BCUT2D eigenvalue weighted by Crippen LogP contribution is 2.27. The van der Waals surface area contributed by atoms with Gasteiger partial charge in [0.1, 0.15) is 0 Å². The first kappa shape index (κ1) is 24.1. The molecule has 0 radical (unpaired) electrons. The van der Waals surface area contributed by atoms with E-state index in [4.69, 9.17) is 9.72 Å². The third-order valence-electron chi connectivity index (χ3n) is 5.18. The molecule has 8 heteroatoms. The molecule has 176 valence electrons. The van der Waals surface area contributed by atoms with Crippen LogP contribution in [-0.4, -0.2) is 28.9 Å². The monoisotopic (exact) mass is 531 g/mol. The molecule has 0 aliphatic rings. The number of halogens is 1. The topological polar surface area (TPSA) is 97.4 Å². The summed E-state index contributed by atoms with van der Waals surface area (Å²) < 4.78 is 6.42. The lowest BCUT2D eigenvalue weighted by Crippen LogP contribution is -2.30. The lowest BCUT2D eigenvalue weighted by atomic mass is 10.0. The van der Waals surface area contributed by atoms with E-state index in [0.717, 1.165) is 10.0 Å². The average molecular weight is 532 g/mol. The number of benzene rings is 3. The van der Waals surface area contributed by atoms with Gasteiger partial charge in [0, 0.05) is 33.7 Å². The highest BCUT2D eigenvalue weighted by atomic mass is 79.9. The van der Waals surface area contributed by atoms with Crippen LogP contribution in [0.15, 0.2) is 83.3 Å². The Bertz CT molecular complexity index is 1420. The molecular weight excluding hydrogens is 510 g/mol. The number of hydrogen-bond donors (Lipinski definition) is 2. The van der Waals surface area contributed by atoms with Gasteiger partial charge < -0.3 is 15.4 Å². The van der Waals surface area contributed by atoms with Crippen molar-refractivity contribution in [2.45, 2.75) is 20.0 Å². The fraction of sp³-hybridized carbons (Fsp3) is 0.111. The molecule has 7 nitrogen and oxygen atoms in total. The molecular formula is C27H22BrN3O4. The van der Waals surface area contributed by atoms with E-state index >= 15 is 0 Å². The minimum absolute atomic E-state index is 0.186. The van der Waals surface area contributed by atoms with Crippen LogP contribution in [0.5, 0.6) is 0 Å². The van der Waals surface area contributed by atoms with Crippen molar-refractivity contribution in [3.8, 4) is 11.3 Å². The molecule has 0 saturated heterocycles. The zero-order valence-electron chi connectivity index (χ0n) is 19.0. The van der Waals surface area contributed by atoms with Crippen molar-refractivity contribution in [3.05, 3.63) is 88.9 Å². The predicted molar refractivity (Wildman–Crippen MR) is 139 cm³/mol. The second-order valence-electron chi connectivity index (χ2n) is 7.88. The van der Waals surface area contributed by atoms with Crippen molar-refractivity contribution in [2.24, 2.45) is 0 Å². The van der Waals surface area contributed by atoms with Crippen molar-refractivity contribution < 1.29 is 19.1 Å². The number of fused-ring (bicyclic) bond motifs is 1. The van der Waals surface area contributed by atoms with Crippen molar-refractivity contribution in [1.82, 2.24) is 4.98 Å². The Morgan fingerprint density at radius 3 is 2.26 bits per heavy atom. The number of esters is 1. The van der Waals surface area contributed by atoms with Gasteiger partial charge in [0.15, 0.2) is 6.10 Å². The minimum atomic E-state index is -1.04. The summed E-state index contributed by atoms with van der Waals surface area (Å²) in [7, 11) is 0. The SMILES string of the molecule is CC(=O)Nc1ccc(NC(=O)C(C)OC(=O)c2cc(-c3cccc(Br)c3)nc3ccccc23)cc1. The van der Waals surface area contributed by atoms with E-state index in [-0.39, 0.29) is 5.91 Å². The minimum Gasteiger partial charge on any atom is -0.449 e. The van der Waals surface area contributed by atoms with Crippen LogP contribution in [0, 0.1) is 0 Å². The third-order valence-corrected chi connectivity index (χ3v) is 5.68. The van der Waals surface area contributed by atoms with E-state index in [2.05, 4.69) is 26.6 Å². The molecule has 0 bridgehead atoms. The van der Waals surface area contributed by atoms with Crippen molar-refractivity contribution >= 4 is 56.0 Å². The maximum Gasteiger partial charge on any atom is 0.339 e. The van der Waals surface area contributed by atoms with E-state index in [9.17, 15) is 14.4 Å². The van der Waals surface area contributed by atoms with Gasteiger partial charge in [-0.3, -0.25) is 9.59 Å². The second-order valence-corrected chi connectivity index (χ2v) is 8.79. The van der Waals surface area contributed by atoms with E-state index < -0.39 is 18.0 Å². The molecule has 1 atom stereocenters. The smallest absolute Gasteiger partial charge is 0.339 e. The highest BCUT2D eigenvalue weighted by molar-refractivity contribution is 9.10. The Labute approximate surface area is 210 Å². The second kappa shape index (κ2) is 10.5. The Hall–Kier alpha value is -4.04. The number of nitrogens with zero attached hydrogens (tertiary/aromatic N) is 1. The van der Waals surface area contributed by atoms with Gasteiger partial charge in [-0.1, -0.05) is 46.3 Å². The van der Waals surface area contributed by atoms with Crippen molar-refractivity contribution in [3.63, 3.8) is 0 Å². The van der Waals surface area contributed by atoms with Crippen LogP contribution in [0.25, 0.3) is 22.2 Å². The number of nitrogens with one attached hydrogen (secondary N) is 2. The largest absolute Gasteiger partial charge is 0.449 e. The summed E-state index contributed by atoms with van der Waals surface area (Å²) >= 11 is 3.46. The molecule has 4 aromatic rings. The summed E-state index contributed by atoms with van der Waals surface area (Å²) in [6.45, 7) is 2.93. The fourth-order valence-electron chi connectivity index (χ4n) is 3.50. The molecule has 1 unspecified atom stereocenters. The molecule has 2 amide bonds. The molecule has 35 heavy (non-hydrogen) atoms. The van der Waals surface area contributed by atoms with E-state index in [1.165, 1.54) is 13.8 Å². The summed E-state index contributed by atoms with van der Waals surface area (Å²) in [5, 5.41) is 6.01. The third kappa shape index (κ3) is 5.91. The van der Waals surface area contributed by atoms with Crippen LogP contribution in [0.1, 0.15) is 24.2 Å². The lowest BCUT2D eigenvalue weighted by molar-refractivity contribution is -0.123. The highest BCUT2D eigenvalue weighted by Gasteiger charge is 2.22. The average Bonchev–Trinajstić information content (AvgIpc) is 2.84. The number of carbonyl (C=O) groups excluding carboxylic acids is 3. The quantitative estimate of drug-likeness (QED) is 0.306. The van der Waals surface area contributed by atoms with E-state index in [1.54, 1.807) is 36.4 Å². The molecule has 0 saturated carbocycles. The first-order valence-corrected chi connectivity index (χ1v) is 11.6. The van der Waals surface area contributed by atoms with Crippen LogP contribution in [0.4, 0.5) is 11.4 Å². The Morgan fingerprint density at radius 2 is 1.57 bits per heavy atom. The number of rotatable bonds is 6. The maximum atomic E-state index is 13.1. The number of ether oxygens (including phenoxy) is 1. The van der Waals surface area contributed by atoms with E-state index in [1.807, 2.05) is 42.5 Å². The number of anilines is 2. The molecule has 4 rings (SSSR count). The summed E-state index contributed by atoms with van der Waals surface area (Å²) in [4.78, 5) is 41.6. The van der Waals surface area contributed by atoms with Crippen LogP contribution in [0.3, 0.4) is 0 Å². The summed E-state index contributed by atoms with van der Waals surface area (Å²) in [5.41, 5.74) is 3.55. The number of para-hydroxylation sites is 1. The molecule has 0 aliphatic heterocycles. The molecule has 1 aromatic heterocycles. The van der Waals surface area contributed by atoms with Gasteiger partial charge in [-0.2, -0.15) is 0 Å². The molecule has 3 aromatic carbocycles. The Balaban J connectivity index is 1.53. The van der Waals surface area contributed by atoms with Crippen LogP contribution in [-0.2, 0) is 14.3 Å². The first-order valence-electron chi connectivity index (χ1n) is 10.9. The van der Waals surface area contributed by atoms with Gasteiger partial charge in [0.2, 0.25) is 5.91 Å². The van der Waals surface area contributed by atoms with Gasteiger partial charge in [-0.25, -0.2) is 9.78 Å². The molecule has 0 spiro atoms. The van der Waals surface area contributed by atoms with Crippen LogP contribution >= 0.6 is 15.9 Å². The first-order chi connectivity index (χ1) is 16.8. The molecule has 1 heterocycles. The molecule has 0 aliphatic carbocycles. The zero-order chi connectivity index (χ0) is 24.9. The Kier molecular flexibility index (Phi) is 7.22. The Morgan fingerprint density at radius 1 is 0.886 bits per heavy atom. The van der Waals surface area contributed by atoms with Gasteiger partial charge >= 0.3 is 5.97 Å². The van der Waals surface area contributed by atoms with Gasteiger partial charge in [-0.15, -0.1) is 0 Å². The molecule has 2 N–H and O–H groups in total. The van der Waals surface area contributed by atoms with Crippen molar-refractivity contribution in [2.75, 3.05) is 10.6 Å². The standard InChI is InChI=1S/C27H22BrN3O4/c1-16(26(33)30-21-12-10-20(11-13-21)29-17(2)32)35-27(34)23-15-25(18-6-5-7-19(28)14-18)31-24-9-4-3-8-22(23)24/h3-16H,1-2H3,(H,29,32)(H,30,33). The lowest BCUT2D eigenvalue weighted by Gasteiger charge is -2.15.